The molecule has 0 bridgehead atoms. The number of carbonyl (C=O) groups excluding carboxylic acids is 1. The second-order valence-corrected chi connectivity index (χ2v) is 12.2. The molecule has 3 aromatic heterocycles. The summed E-state index contributed by atoms with van der Waals surface area (Å²) in [6.45, 7) is 0.456. The Balaban J connectivity index is 1.28. The standard InChI is InChI=1S/C35H30ClN7O2/c36-28-7-1-5-22(17-37)31(28)23-9-11-25(40-19-23)20-43(30-8-2-4-21-6-3-15-39-32(21)30)34(45)35(13-14-35)24-10-12-26-27(16-24)29(18-38)41-42-33(26)44/h1,3,5-7,9-12,15-16,19,30H,2,4,8,13-14,18,20,38H2,(H,42,44). The number of rotatable bonds is 7. The van der Waals surface area contributed by atoms with Gasteiger partial charge in [-0.05, 0) is 79.6 Å². The summed E-state index contributed by atoms with van der Waals surface area (Å²) in [4.78, 5) is 38.8. The molecule has 2 aliphatic carbocycles. The third-order valence-corrected chi connectivity index (χ3v) is 9.47. The number of carbonyl (C=O) groups is 1. The Morgan fingerprint density at radius 2 is 1.98 bits per heavy atom. The molecule has 0 spiro atoms. The van der Waals surface area contributed by atoms with Crippen LogP contribution in [0, 0.1) is 11.3 Å². The first-order valence-electron chi connectivity index (χ1n) is 15.0. The Morgan fingerprint density at radius 3 is 2.73 bits per heavy atom. The highest BCUT2D eigenvalue weighted by atomic mass is 35.5. The minimum atomic E-state index is -0.728. The van der Waals surface area contributed by atoms with Gasteiger partial charge in [0.2, 0.25) is 5.91 Å². The first-order chi connectivity index (χ1) is 21.9. The maximum atomic E-state index is 14.8. The lowest BCUT2D eigenvalue weighted by Crippen LogP contribution is -2.43. The molecule has 0 radical (unpaired) electrons. The van der Waals surface area contributed by atoms with Crippen molar-refractivity contribution in [1.82, 2.24) is 25.1 Å². The van der Waals surface area contributed by atoms with Crippen LogP contribution in [0.1, 0.15) is 65.5 Å². The summed E-state index contributed by atoms with van der Waals surface area (Å²) < 4.78 is 0. The van der Waals surface area contributed by atoms with Crippen molar-refractivity contribution in [2.24, 2.45) is 5.73 Å². The van der Waals surface area contributed by atoms with Gasteiger partial charge in [0.15, 0.2) is 0 Å². The van der Waals surface area contributed by atoms with E-state index >= 15 is 0 Å². The zero-order chi connectivity index (χ0) is 31.1. The average molecular weight is 616 g/mol. The number of nitrogens with zero attached hydrogens (tertiary/aromatic N) is 5. The number of fused-ring (bicyclic) bond motifs is 2. The molecule has 10 heteroatoms. The van der Waals surface area contributed by atoms with Crippen molar-refractivity contribution >= 4 is 28.3 Å². The van der Waals surface area contributed by atoms with E-state index in [1.54, 1.807) is 36.7 Å². The van der Waals surface area contributed by atoms with Gasteiger partial charge in [-0.3, -0.25) is 19.6 Å². The van der Waals surface area contributed by atoms with Gasteiger partial charge in [0.05, 0.1) is 52.1 Å². The number of nitrogens with one attached hydrogen (secondary N) is 1. The number of nitrogens with two attached hydrogens (primary N) is 1. The fraction of sp³-hybridized carbons (Fsp3) is 0.257. The molecule has 3 heterocycles. The molecule has 3 N–H and O–H groups in total. The molecule has 0 aliphatic heterocycles. The maximum absolute atomic E-state index is 14.8. The van der Waals surface area contributed by atoms with E-state index in [9.17, 15) is 14.9 Å². The third-order valence-electron chi connectivity index (χ3n) is 9.16. The molecular formula is C35H30ClN7O2. The molecule has 1 unspecified atom stereocenters. The van der Waals surface area contributed by atoms with Gasteiger partial charge < -0.3 is 10.6 Å². The number of hydrogen-bond donors (Lipinski definition) is 2. The highest BCUT2D eigenvalue weighted by Crippen LogP contribution is 2.52. The first-order valence-corrected chi connectivity index (χ1v) is 15.4. The Bertz CT molecular complexity index is 2050. The Kier molecular flexibility index (Phi) is 7.40. The number of amides is 1. The van der Waals surface area contributed by atoms with E-state index in [1.165, 1.54) is 0 Å². The summed E-state index contributed by atoms with van der Waals surface area (Å²) >= 11 is 6.47. The molecule has 5 aromatic rings. The van der Waals surface area contributed by atoms with Crippen molar-refractivity contribution in [1.29, 1.82) is 5.26 Å². The maximum Gasteiger partial charge on any atom is 0.272 e. The van der Waals surface area contributed by atoms with Gasteiger partial charge in [-0.25, -0.2) is 5.10 Å². The number of hydrogen-bond acceptors (Lipinski definition) is 7. The van der Waals surface area contributed by atoms with E-state index in [-0.39, 0.29) is 30.6 Å². The van der Waals surface area contributed by atoms with E-state index in [4.69, 9.17) is 27.3 Å². The molecule has 224 valence electrons. The van der Waals surface area contributed by atoms with Crippen molar-refractivity contribution in [3.8, 4) is 17.2 Å². The van der Waals surface area contributed by atoms with Crippen molar-refractivity contribution in [3.63, 3.8) is 0 Å². The van der Waals surface area contributed by atoms with Crippen LogP contribution in [0.25, 0.3) is 21.9 Å². The van der Waals surface area contributed by atoms with Crippen LogP contribution < -0.4 is 11.3 Å². The predicted molar refractivity (Wildman–Crippen MR) is 171 cm³/mol. The van der Waals surface area contributed by atoms with Gasteiger partial charge in [-0.1, -0.05) is 35.9 Å². The summed E-state index contributed by atoms with van der Waals surface area (Å²) in [5.41, 5.74) is 11.0. The SMILES string of the molecule is N#Cc1cccc(Cl)c1-c1ccc(CN(C(=O)C2(c3ccc4c(=O)[nH]nc(CN)c4c3)CC2)C2CCCc3cccnc32)nc1. The molecule has 1 amide bonds. The molecule has 2 aromatic carbocycles. The number of pyridine rings is 2. The van der Waals surface area contributed by atoms with Gasteiger partial charge in [0.1, 0.15) is 0 Å². The van der Waals surface area contributed by atoms with Gasteiger partial charge in [-0.15, -0.1) is 0 Å². The average Bonchev–Trinajstić information content (AvgIpc) is 3.89. The normalized spacial score (nSPS) is 16.5. The lowest BCUT2D eigenvalue weighted by molar-refractivity contribution is -0.137. The van der Waals surface area contributed by atoms with Crippen LogP contribution >= 0.6 is 11.6 Å². The Morgan fingerprint density at radius 1 is 1.11 bits per heavy atom. The zero-order valence-electron chi connectivity index (χ0n) is 24.5. The highest BCUT2D eigenvalue weighted by Gasteiger charge is 2.54. The molecule has 1 atom stereocenters. The van der Waals surface area contributed by atoms with Gasteiger partial charge in [0, 0.05) is 40.5 Å². The topological polar surface area (TPSA) is 142 Å². The van der Waals surface area contributed by atoms with E-state index in [1.807, 2.05) is 35.2 Å². The molecule has 7 rings (SSSR count). The van der Waals surface area contributed by atoms with E-state index in [0.717, 1.165) is 47.3 Å². The lowest BCUT2D eigenvalue weighted by atomic mass is 9.87. The van der Waals surface area contributed by atoms with E-state index in [0.29, 0.717) is 45.5 Å². The summed E-state index contributed by atoms with van der Waals surface area (Å²) in [6, 6.07) is 20.6. The lowest BCUT2D eigenvalue weighted by Gasteiger charge is -2.37. The second-order valence-electron chi connectivity index (χ2n) is 11.7. The van der Waals surface area contributed by atoms with Crippen LogP contribution in [-0.2, 0) is 29.7 Å². The second kappa shape index (κ2) is 11.5. The molecule has 45 heavy (non-hydrogen) atoms. The summed E-state index contributed by atoms with van der Waals surface area (Å²) in [6.07, 6.45) is 7.55. The van der Waals surface area contributed by atoms with Crippen molar-refractivity contribution in [2.45, 2.75) is 56.7 Å². The predicted octanol–water partition coefficient (Wildman–Crippen LogP) is 5.50. The Labute approximate surface area is 264 Å². The number of H-pyrrole nitrogens is 1. The van der Waals surface area contributed by atoms with E-state index < -0.39 is 5.41 Å². The minimum absolute atomic E-state index is 0.0150. The summed E-state index contributed by atoms with van der Waals surface area (Å²) in [5, 5.41) is 17.9. The van der Waals surface area contributed by atoms with Crippen LogP contribution in [0.2, 0.25) is 5.02 Å². The van der Waals surface area contributed by atoms with Crippen LogP contribution in [0.3, 0.4) is 0 Å². The van der Waals surface area contributed by atoms with Gasteiger partial charge in [-0.2, -0.15) is 10.4 Å². The number of halogens is 1. The molecule has 1 saturated carbocycles. The number of nitriles is 1. The van der Waals surface area contributed by atoms with Crippen molar-refractivity contribution < 1.29 is 4.79 Å². The van der Waals surface area contributed by atoms with Crippen molar-refractivity contribution in [3.05, 3.63) is 122 Å². The monoisotopic (exact) mass is 615 g/mol. The fourth-order valence-electron chi connectivity index (χ4n) is 6.66. The minimum Gasteiger partial charge on any atom is -0.327 e. The molecule has 9 nitrogen and oxygen atoms in total. The van der Waals surface area contributed by atoms with Crippen molar-refractivity contribution in [2.75, 3.05) is 0 Å². The van der Waals surface area contributed by atoms with Crippen LogP contribution in [0.15, 0.2) is 77.9 Å². The fourth-order valence-corrected chi connectivity index (χ4v) is 6.95. The molecule has 2 aliphatic rings. The number of aryl methyl sites for hydroxylation is 1. The van der Waals surface area contributed by atoms with Gasteiger partial charge >= 0.3 is 0 Å². The van der Waals surface area contributed by atoms with Crippen LogP contribution in [0.4, 0.5) is 0 Å². The van der Waals surface area contributed by atoms with Crippen LogP contribution in [-0.4, -0.2) is 31.0 Å². The number of benzene rings is 2. The zero-order valence-corrected chi connectivity index (χ0v) is 25.2. The van der Waals surface area contributed by atoms with E-state index in [2.05, 4.69) is 22.3 Å². The van der Waals surface area contributed by atoms with Crippen LogP contribution in [0.5, 0.6) is 0 Å². The smallest absolute Gasteiger partial charge is 0.272 e. The molecule has 0 saturated heterocycles. The largest absolute Gasteiger partial charge is 0.327 e. The molecular weight excluding hydrogens is 586 g/mol. The molecule has 1 fully saturated rings. The third kappa shape index (κ3) is 5.06. The summed E-state index contributed by atoms with van der Waals surface area (Å²) in [7, 11) is 0. The first kappa shape index (κ1) is 28.8. The summed E-state index contributed by atoms with van der Waals surface area (Å²) in [5.74, 6) is 0.0150. The quantitative estimate of drug-likeness (QED) is 0.246. The number of aromatic amines is 1. The van der Waals surface area contributed by atoms with Gasteiger partial charge in [0.25, 0.3) is 5.56 Å². The number of aromatic nitrogens is 4. The highest BCUT2D eigenvalue weighted by molar-refractivity contribution is 6.33. The Hall–Kier alpha value is -4.91.